The van der Waals surface area contributed by atoms with Crippen molar-refractivity contribution in [3.63, 3.8) is 0 Å². The minimum Gasteiger partial charge on any atom is -0.508 e. The number of carboxylic acids is 2. The van der Waals surface area contributed by atoms with Gasteiger partial charge < -0.3 is 46.7 Å². The SMILES string of the molecule is Nc1nc2ncc(CNc3ccc(C(=O)NC(CCC(=O)CCCNC(=S)Nc4ccc(-c5c6ccc(=O)cc-6oc6cc(O)ccc56)c(C(=O)O)c4)C(=O)O)cc3)nc2c(=O)[nH]1. The number of benzene rings is 4. The summed E-state index contributed by atoms with van der Waals surface area (Å²) in [5.41, 5.74) is 8.01. The molecule has 10 N–H and O–H groups in total. The topological polar surface area (TPSA) is 305 Å². The summed E-state index contributed by atoms with van der Waals surface area (Å²) >= 11 is 5.41. The average Bonchev–Trinajstić information content (AvgIpc) is 3.25. The molecule has 5 aromatic rings. The number of carbonyl (C=O) groups excluding carboxylic acids is 2. The van der Waals surface area contributed by atoms with Gasteiger partial charge in [-0.3, -0.25) is 24.2 Å². The number of carbonyl (C=O) groups is 4. The van der Waals surface area contributed by atoms with Crippen LogP contribution < -0.4 is 38.0 Å². The molecule has 63 heavy (non-hydrogen) atoms. The van der Waals surface area contributed by atoms with Crippen molar-refractivity contribution in [3.05, 3.63) is 122 Å². The molecule has 0 spiro atoms. The zero-order chi connectivity index (χ0) is 44.8. The minimum atomic E-state index is -1.32. The number of aromatic nitrogens is 4. The molecule has 0 radical (unpaired) electrons. The van der Waals surface area contributed by atoms with Crippen LogP contribution in [0.15, 0.2) is 99.1 Å². The lowest BCUT2D eigenvalue weighted by Crippen LogP contribution is -2.41. The van der Waals surface area contributed by atoms with E-state index in [1.807, 2.05) is 0 Å². The van der Waals surface area contributed by atoms with Gasteiger partial charge in [-0.1, -0.05) is 6.07 Å². The number of hydrogen-bond donors (Lipinski definition) is 9. The molecule has 1 unspecified atom stereocenters. The number of nitrogens with one attached hydrogen (secondary N) is 5. The van der Waals surface area contributed by atoms with Crippen molar-refractivity contribution in [3.8, 4) is 28.2 Å². The Morgan fingerprint density at radius 3 is 2.41 bits per heavy atom. The fourth-order valence-corrected chi connectivity index (χ4v) is 6.97. The maximum Gasteiger partial charge on any atom is 0.336 e. The van der Waals surface area contributed by atoms with E-state index in [1.165, 1.54) is 48.7 Å². The zero-order valence-electron chi connectivity index (χ0n) is 32.9. The van der Waals surface area contributed by atoms with E-state index in [1.54, 1.807) is 36.4 Å². The van der Waals surface area contributed by atoms with Crippen molar-refractivity contribution < 1.29 is 38.9 Å². The van der Waals surface area contributed by atoms with Crippen LogP contribution in [0.3, 0.4) is 0 Å². The number of ketones is 1. The van der Waals surface area contributed by atoms with E-state index in [9.17, 15) is 44.1 Å². The van der Waals surface area contributed by atoms with Crippen LogP contribution in [0.5, 0.6) is 5.75 Å². The van der Waals surface area contributed by atoms with Crippen LogP contribution in [0.1, 0.15) is 52.1 Å². The van der Waals surface area contributed by atoms with Gasteiger partial charge in [-0.15, -0.1) is 0 Å². The second-order valence-corrected chi connectivity index (χ2v) is 14.6. The molecule has 2 aliphatic rings. The summed E-state index contributed by atoms with van der Waals surface area (Å²) in [5, 5.41) is 42.2. The second kappa shape index (κ2) is 18.6. The molecule has 0 saturated heterocycles. The summed E-state index contributed by atoms with van der Waals surface area (Å²) in [5.74, 6) is -3.29. The van der Waals surface area contributed by atoms with Gasteiger partial charge in [0.25, 0.3) is 11.5 Å². The van der Waals surface area contributed by atoms with Crippen molar-refractivity contribution in [1.82, 2.24) is 30.6 Å². The van der Waals surface area contributed by atoms with Gasteiger partial charge in [-0.05, 0) is 91.3 Å². The Morgan fingerprint density at radius 1 is 0.889 bits per heavy atom. The number of aromatic amines is 1. The Balaban J connectivity index is 0.874. The third kappa shape index (κ3) is 10.2. The second-order valence-electron chi connectivity index (χ2n) is 14.2. The number of aromatic carboxylic acids is 1. The number of phenolic OH excluding ortho intramolecular Hbond substituents is 1. The lowest BCUT2D eigenvalue weighted by Gasteiger charge is -2.18. The molecule has 1 atom stereocenters. The Labute approximate surface area is 360 Å². The fourth-order valence-electron chi connectivity index (χ4n) is 6.75. The van der Waals surface area contributed by atoms with Gasteiger partial charge in [0.15, 0.2) is 21.7 Å². The summed E-state index contributed by atoms with van der Waals surface area (Å²) in [6.45, 7) is 0.469. The molecule has 320 valence electrons. The van der Waals surface area contributed by atoms with Crippen LogP contribution in [0.4, 0.5) is 17.3 Å². The monoisotopic (exact) mass is 871 g/mol. The van der Waals surface area contributed by atoms with Crippen LogP contribution in [0.25, 0.3) is 44.6 Å². The first-order valence-electron chi connectivity index (χ1n) is 19.3. The number of Topliss-reactive ketones (excluding diaryl/α,β-unsaturated/α-hetero) is 1. The highest BCUT2D eigenvalue weighted by molar-refractivity contribution is 7.80. The molecular weight excluding hydrogens is 835 g/mol. The summed E-state index contributed by atoms with van der Waals surface area (Å²) < 4.78 is 5.88. The van der Waals surface area contributed by atoms with Gasteiger partial charge in [0.05, 0.1) is 24.0 Å². The number of carboxylic acid groups (broad SMARTS) is 2. The van der Waals surface area contributed by atoms with Gasteiger partial charge in [0, 0.05) is 65.0 Å². The predicted octanol–water partition coefficient (Wildman–Crippen LogP) is 4.49. The van der Waals surface area contributed by atoms with Gasteiger partial charge in [-0.2, -0.15) is 4.98 Å². The molecule has 1 amide bonds. The molecule has 7 rings (SSSR count). The number of H-pyrrole nitrogens is 1. The molecule has 3 aromatic carbocycles. The Bertz CT molecular complexity index is 3030. The number of rotatable bonds is 16. The largest absolute Gasteiger partial charge is 0.508 e. The molecule has 3 heterocycles. The van der Waals surface area contributed by atoms with Crippen molar-refractivity contribution in [2.24, 2.45) is 0 Å². The molecule has 20 heteroatoms. The third-order valence-electron chi connectivity index (χ3n) is 9.79. The van der Waals surface area contributed by atoms with E-state index in [0.717, 1.165) is 0 Å². The number of fused-ring (bicyclic) bond motifs is 3. The van der Waals surface area contributed by atoms with Crippen LogP contribution in [-0.4, -0.2) is 76.6 Å². The van der Waals surface area contributed by atoms with Crippen LogP contribution in [0, 0.1) is 0 Å². The highest BCUT2D eigenvalue weighted by atomic mass is 32.1. The molecule has 1 aliphatic carbocycles. The lowest BCUT2D eigenvalue weighted by molar-refractivity contribution is -0.139. The molecule has 0 fully saturated rings. The molecule has 2 aromatic heterocycles. The number of nitrogens with two attached hydrogens (primary N) is 1. The van der Waals surface area contributed by atoms with Gasteiger partial charge >= 0.3 is 11.9 Å². The summed E-state index contributed by atoms with van der Waals surface area (Å²) in [6, 6.07) is 18.2. The molecule has 0 saturated carbocycles. The molecular formula is C43H37N9O10S. The fraction of sp³-hybridized carbons (Fsp3) is 0.163. The summed E-state index contributed by atoms with van der Waals surface area (Å²) in [7, 11) is 0. The van der Waals surface area contributed by atoms with Gasteiger partial charge in [0.2, 0.25) is 5.95 Å². The van der Waals surface area contributed by atoms with Crippen LogP contribution >= 0.6 is 12.2 Å². The number of aliphatic carboxylic acids is 1. The van der Waals surface area contributed by atoms with E-state index in [0.29, 0.717) is 45.6 Å². The number of anilines is 3. The number of nitrogens with zero attached hydrogens (tertiary/aromatic N) is 3. The van der Waals surface area contributed by atoms with Crippen LogP contribution in [-0.2, 0) is 16.1 Å². The predicted molar refractivity (Wildman–Crippen MR) is 236 cm³/mol. The van der Waals surface area contributed by atoms with Crippen molar-refractivity contribution >= 4 is 80.4 Å². The maximum atomic E-state index is 12.9. The summed E-state index contributed by atoms with van der Waals surface area (Å²) in [6.07, 6.45) is 1.68. The highest BCUT2D eigenvalue weighted by Gasteiger charge is 2.24. The first-order chi connectivity index (χ1) is 30.2. The van der Waals surface area contributed by atoms with E-state index in [2.05, 4.69) is 41.2 Å². The third-order valence-corrected chi connectivity index (χ3v) is 10.0. The minimum absolute atomic E-state index is 0.0360. The first-order valence-corrected chi connectivity index (χ1v) is 19.7. The average molecular weight is 872 g/mol. The number of aromatic hydroxyl groups is 1. The first kappa shape index (κ1) is 42.8. The molecule has 19 nitrogen and oxygen atoms in total. The number of hydrogen-bond acceptors (Lipinski definition) is 14. The van der Waals surface area contributed by atoms with Crippen LogP contribution in [0.2, 0.25) is 0 Å². The quantitative estimate of drug-likeness (QED) is 0.0367. The standard InChI is InChI=1S/C43H37N9O10S/c44-42-51-37-36(39(57)52-42)48-24(20-47-37)19-46-22-5-3-21(4-6-22)38(56)50-32(41(60)61)14-10-25(53)2-1-15-45-43(63)49-23-7-11-28(31(16-23)40(58)59)35-29-12-8-26(54)17-33(29)62-34-18-27(55)9-13-30(34)35/h3-9,11-13,16-18,20,32,46,54H,1-2,10,14-15,19H2,(H,50,56)(H,58,59)(H,60,61)(H2,45,49,63)(H3,44,47,51,52,57). The lowest BCUT2D eigenvalue weighted by atomic mass is 9.90. The smallest absolute Gasteiger partial charge is 0.336 e. The van der Waals surface area contributed by atoms with E-state index < -0.39 is 29.4 Å². The van der Waals surface area contributed by atoms with Gasteiger partial charge in [-0.25, -0.2) is 19.6 Å². The maximum absolute atomic E-state index is 12.9. The van der Waals surface area contributed by atoms with E-state index >= 15 is 0 Å². The van der Waals surface area contributed by atoms with Crippen molar-refractivity contribution in [2.75, 3.05) is 22.9 Å². The normalized spacial score (nSPS) is 11.6. The van der Waals surface area contributed by atoms with Crippen molar-refractivity contribution in [1.29, 1.82) is 0 Å². The highest BCUT2D eigenvalue weighted by Crippen LogP contribution is 2.42. The number of phenols is 1. The molecule has 1 aliphatic heterocycles. The number of amides is 1. The van der Waals surface area contributed by atoms with Crippen molar-refractivity contribution in [2.45, 2.75) is 38.3 Å². The van der Waals surface area contributed by atoms with E-state index in [4.69, 9.17) is 22.4 Å². The number of thiocarbonyl (C=S) groups is 1. The zero-order valence-corrected chi connectivity index (χ0v) is 33.7. The summed E-state index contributed by atoms with van der Waals surface area (Å²) in [4.78, 5) is 89.1. The van der Waals surface area contributed by atoms with Gasteiger partial charge in [0.1, 0.15) is 28.9 Å². The Morgan fingerprint density at radius 2 is 1.65 bits per heavy atom. The molecule has 0 bridgehead atoms. The van der Waals surface area contributed by atoms with E-state index in [-0.39, 0.29) is 94.0 Å². The Kier molecular flexibility index (Phi) is 12.6. The number of nitrogen functional groups attached to an aromatic ring is 1. The Hall–Kier alpha value is -8.26.